The molecule has 5 rings (SSSR count). The summed E-state index contributed by atoms with van der Waals surface area (Å²) in [5.74, 6) is 2.16. The smallest absolute Gasteiger partial charge is 0.489 e. The predicted octanol–water partition coefficient (Wildman–Crippen LogP) is 6.60. The molecule has 38 heavy (non-hydrogen) atoms. The molecular formula is C27H23ClN4O5S. The van der Waals surface area contributed by atoms with Crippen molar-refractivity contribution in [3.8, 4) is 23.0 Å². The van der Waals surface area contributed by atoms with Gasteiger partial charge in [0.25, 0.3) is 0 Å². The summed E-state index contributed by atoms with van der Waals surface area (Å²) >= 11 is 7.35. The highest BCUT2D eigenvalue weighted by molar-refractivity contribution is 7.17. The van der Waals surface area contributed by atoms with Gasteiger partial charge in [-0.25, -0.2) is 9.78 Å². The summed E-state index contributed by atoms with van der Waals surface area (Å²) in [4.78, 5) is 16.0. The lowest BCUT2D eigenvalue weighted by atomic mass is 10.1. The molecule has 0 bridgehead atoms. The highest BCUT2D eigenvalue weighted by Gasteiger charge is 2.18. The van der Waals surface area contributed by atoms with E-state index < -0.39 is 6.16 Å². The maximum absolute atomic E-state index is 11.8. The third-order valence-corrected chi connectivity index (χ3v) is 6.97. The van der Waals surface area contributed by atoms with E-state index >= 15 is 0 Å². The largest absolute Gasteiger partial charge is 0.513 e. The number of carbonyl (C=O) groups is 1. The highest BCUT2D eigenvalue weighted by atomic mass is 35.5. The average Bonchev–Trinajstić information content (AvgIpc) is 3.55. The summed E-state index contributed by atoms with van der Waals surface area (Å²) in [7, 11) is 0. The number of pyridine rings is 1. The van der Waals surface area contributed by atoms with Gasteiger partial charge in [-0.3, -0.25) is 0 Å². The molecule has 0 aliphatic rings. The first kappa shape index (κ1) is 25.5. The Balaban J connectivity index is 1.33. The lowest BCUT2D eigenvalue weighted by Gasteiger charge is -2.11. The molecule has 2 N–H and O–H groups in total. The van der Waals surface area contributed by atoms with E-state index in [4.69, 9.17) is 36.0 Å². The molecule has 0 aliphatic carbocycles. The summed E-state index contributed by atoms with van der Waals surface area (Å²) in [6, 6.07) is 13.2. The summed E-state index contributed by atoms with van der Waals surface area (Å²) in [5.41, 5.74) is 9.67. The predicted molar refractivity (Wildman–Crippen MR) is 145 cm³/mol. The second-order valence-corrected chi connectivity index (χ2v) is 9.65. The first-order chi connectivity index (χ1) is 18.4. The van der Waals surface area contributed by atoms with Gasteiger partial charge < -0.3 is 24.4 Å². The first-order valence-electron chi connectivity index (χ1n) is 11.7. The summed E-state index contributed by atoms with van der Waals surface area (Å²) in [6.45, 7) is 4.09. The number of nitrogens with zero attached hydrogens (tertiary/aromatic N) is 3. The van der Waals surface area contributed by atoms with E-state index in [1.165, 1.54) is 17.5 Å². The van der Waals surface area contributed by atoms with Crippen molar-refractivity contribution in [2.45, 2.75) is 26.9 Å². The molecule has 3 heterocycles. The van der Waals surface area contributed by atoms with Crippen molar-refractivity contribution >= 4 is 45.0 Å². The minimum atomic E-state index is -0.795. The number of hydrogen-bond acceptors (Lipinski definition) is 10. The molecule has 3 aromatic heterocycles. The van der Waals surface area contributed by atoms with Crippen LogP contribution in [-0.2, 0) is 17.8 Å². The van der Waals surface area contributed by atoms with E-state index in [9.17, 15) is 4.79 Å². The molecular weight excluding hydrogens is 528 g/mol. The fraction of sp³-hybridized carbons (Fsp3) is 0.185. The van der Waals surface area contributed by atoms with Gasteiger partial charge in [0.15, 0.2) is 5.75 Å². The van der Waals surface area contributed by atoms with Crippen LogP contribution in [0.1, 0.15) is 29.5 Å². The normalized spacial score (nSPS) is 11.0. The Labute approximate surface area is 227 Å². The van der Waals surface area contributed by atoms with E-state index in [1.54, 1.807) is 6.92 Å². The zero-order valence-corrected chi connectivity index (χ0v) is 22.1. The number of benzene rings is 2. The fourth-order valence-electron chi connectivity index (χ4n) is 3.79. The molecule has 0 saturated heterocycles. The minimum Gasteiger partial charge on any atom is -0.489 e. The molecule has 2 aromatic carbocycles. The highest BCUT2D eigenvalue weighted by Crippen LogP contribution is 2.37. The molecule has 5 aromatic rings. The Hall–Kier alpha value is -4.15. The van der Waals surface area contributed by atoms with E-state index in [2.05, 4.69) is 15.2 Å². The number of nitrogens with two attached hydrogens (primary N) is 1. The van der Waals surface area contributed by atoms with Gasteiger partial charge in [-0.05, 0) is 54.6 Å². The van der Waals surface area contributed by atoms with Crippen LogP contribution in [0, 0.1) is 6.92 Å². The number of fused-ring (bicyclic) bond motifs is 1. The van der Waals surface area contributed by atoms with Gasteiger partial charge in [0.2, 0.25) is 11.8 Å². The number of carbonyl (C=O) groups excluding carboxylic acids is 1. The van der Waals surface area contributed by atoms with Crippen LogP contribution >= 0.6 is 22.9 Å². The Kier molecular flexibility index (Phi) is 7.43. The van der Waals surface area contributed by atoms with Crippen LogP contribution in [0.4, 0.5) is 10.6 Å². The molecule has 0 unspecified atom stereocenters. The molecule has 11 heteroatoms. The van der Waals surface area contributed by atoms with E-state index in [-0.39, 0.29) is 19.0 Å². The van der Waals surface area contributed by atoms with Crippen molar-refractivity contribution in [1.82, 2.24) is 15.2 Å². The molecule has 0 radical (unpaired) electrons. The average molecular weight is 551 g/mol. The van der Waals surface area contributed by atoms with E-state index in [0.717, 1.165) is 22.3 Å². The molecule has 0 aliphatic heterocycles. The second-order valence-electron chi connectivity index (χ2n) is 8.33. The molecule has 9 nitrogen and oxygen atoms in total. The third-order valence-electron chi connectivity index (χ3n) is 5.68. The van der Waals surface area contributed by atoms with Crippen LogP contribution in [0.2, 0.25) is 5.02 Å². The molecule has 0 saturated carbocycles. The maximum atomic E-state index is 11.8. The van der Waals surface area contributed by atoms with Crippen LogP contribution in [0.3, 0.4) is 0 Å². The molecule has 0 atom stereocenters. The number of thiophene rings is 1. The van der Waals surface area contributed by atoms with E-state index in [0.29, 0.717) is 44.9 Å². The monoisotopic (exact) mass is 550 g/mol. The molecule has 0 fully saturated rings. The van der Waals surface area contributed by atoms with Gasteiger partial charge in [0, 0.05) is 21.5 Å². The van der Waals surface area contributed by atoms with Gasteiger partial charge in [-0.1, -0.05) is 29.8 Å². The number of aromatic nitrogens is 3. The quantitative estimate of drug-likeness (QED) is 0.213. The number of ether oxygens (including phenoxy) is 3. The van der Waals surface area contributed by atoms with Crippen molar-refractivity contribution < 1.29 is 23.4 Å². The summed E-state index contributed by atoms with van der Waals surface area (Å²) < 4.78 is 22.9. The van der Waals surface area contributed by atoms with Crippen molar-refractivity contribution in [3.63, 3.8) is 0 Å². The molecule has 0 amide bonds. The molecule has 194 valence electrons. The zero-order chi connectivity index (χ0) is 26.6. The standard InChI is InChI=1S/C27H23ClN4O5S/c1-3-34-27(33)36-21-12-30-25(29)23-18(14-38-24(21)23)13-35-20-11-17(7-4-15(20)2)26-32-31-22(37-26)10-16-5-8-19(28)9-6-16/h4-9,11-12,14H,3,10,13H2,1-2H3,(H2,29,30). The fourth-order valence-corrected chi connectivity index (χ4v) is 4.92. The topological polar surface area (TPSA) is 123 Å². The van der Waals surface area contributed by atoms with Crippen LogP contribution in [0.5, 0.6) is 11.5 Å². The van der Waals surface area contributed by atoms with Crippen LogP contribution in [-0.4, -0.2) is 27.9 Å². The number of aryl methyl sites for hydroxylation is 1. The Morgan fingerprint density at radius 3 is 2.74 bits per heavy atom. The van der Waals surface area contributed by atoms with Gasteiger partial charge in [0.05, 0.1) is 23.9 Å². The number of anilines is 1. The SMILES string of the molecule is CCOC(=O)Oc1cnc(N)c2c(COc3cc(-c4nnc(Cc5ccc(Cl)cc5)o4)ccc3C)csc12. The maximum Gasteiger partial charge on any atom is 0.513 e. The van der Waals surface area contributed by atoms with Crippen molar-refractivity contribution in [2.75, 3.05) is 12.3 Å². The number of hydrogen-bond donors (Lipinski definition) is 1. The number of rotatable bonds is 8. The van der Waals surface area contributed by atoms with Gasteiger partial charge >= 0.3 is 6.16 Å². The van der Waals surface area contributed by atoms with Gasteiger partial charge in [0.1, 0.15) is 18.2 Å². The van der Waals surface area contributed by atoms with Gasteiger partial charge in [-0.15, -0.1) is 21.5 Å². The lowest BCUT2D eigenvalue weighted by molar-refractivity contribution is 0.105. The van der Waals surface area contributed by atoms with Crippen molar-refractivity contribution in [1.29, 1.82) is 0 Å². The first-order valence-corrected chi connectivity index (χ1v) is 13.0. The summed E-state index contributed by atoms with van der Waals surface area (Å²) in [5, 5.41) is 11.6. The Bertz CT molecular complexity index is 1600. The van der Waals surface area contributed by atoms with Crippen LogP contribution < -0.4 is 15.2 Å². The Morgan fingerprint density at radius 1 is 1.13 bits per heavy atom. The van der Waals surface area contributed by atoms with E-state index in [1.807, 2.05) is 54.8 Å². The second kappa shape index (κ2) is 11.1. The van der Waals surface area contributed by atoms with Crippen molar-refractivity contribution in [3.05, 3.63) is 81.6 Å². The van der Waals surface area contributed by atoms with Crippen LogP contribution in [0.25, 0.3) is 21.5 Å². The van der Waals surface area contributed by atoms with Crippen LogP contribution in [0.15, 0.2) is 58.5 Å². The van der Waals surface area contributed by atoms with Crippen molar-refractivity contribution in [2.24, 2.45) is 0 Å². The lowest BCUT2D eigenvalue weighted by Crippen LogP contribution is -2.10. The summed E-state index contributed by atoms with van der Waals surface area (Å²) in [6.07, 6.45) is 1.12. The molecule has 0 spiro atoms. The number of halogens is 1. The minimum absolute atomic E-state index is 0.208. The Morgan fingerprint density at radius 2 is 1.95 bits per heavy atom. The van der Waals surface area contributed by atoms with Gasteiger partial charge in [-0.2, -0.15) is 0 Å². The number of nitrogen functional groups attached to an aromatic ring is 1. The third kappa shape index (κ3) is 5.56. The zero-order valence-electron chi connectivity index (χ0n) is 20.6.